The van der Waals surface area contributed by atoms with E-state index in [9.17, 15) is 5.11 Å². The predicted molar refractivity (Wildman–Crippen MR) is 78.2 cm³/mol. The van der Waals surface area contributed by atoms with Gasteiger partial charge in [0.15, 0.2) is 0 Å². The largest absolute Gasteiger partial charge is 0.395 e. The van der Waals surface area contributed by atoms with Crippen molar-refractivity contribution in [2.24, 2.45) is 0 Å². The van der Waals surface area contributed by atoms with E-state index in [4.69, 9.17) is 0 Å². The minimum Gasteiger partial charge on any atom is -0.395 e. The van der Waals surface area contributed by atoms with E-state index < -0.39 is 0 Å². The van der Waals surface area contributed by atoms with E-state index in [0.717, 1.165) is 31.9 Å². The highest BCUT2D eigenvalue weighted by molar-refractivity contribution is 5.43. The number of rotatable bonds is 5. The second kappa shape index (κ2) is 7.46. The number of hydrogen-bond donors (Lipinski definition) is 2. The Hall–Kier alpha value is -1.13. The summed E-state index contributed by atoms with van der Waals surface area (Å²) in [5.41, 5.74) is 1.23. The molecule has 0 spiro atoms. The van der Waals surface area contributed by atoms with Gasteiger partial charge in [0, 0.05) is 30.9 Å². The van der Waals surface area contributed by atoms with E-state index in [0.29, 0.717) is 6.04 Å². The highest BCUT2D eigenvalue weighted by Crippen LogP contribution is 2.21. The van der Waals surface area contributed by atoms with Crippen LogP contribution in [0.5, 0.6) is 0 Å². The van der Waals surface area contributed by atoms with Crippen LogP contribution in [0.2, 0.25) is 0 Å². The van der Waals surface area contributed by atoms with E-state index in [2.05, 4.69) is 28.2 Å². The van der Waals surface area contributed by atoms with Crippen LogP contribution in [0, 0.1) is 0 Å². The molecular weight excluding hydrogens is 238 g/mol. The molecule has 0 amide bonds. The standard InChI is InChI=1S/C15H25N3O/c1-2-16-15-13(7-6-9-17-15)11-18-10-5-3-4-8-14(18)12-19/h6-7,9,14,19H,2-5,8,10-12H2,1H3,(H,16,17). The Morgan fingerprint density at radius 3 is 3.11 bits per heavy atom. The minimum absolute atomic E-state index is 0.261. The van der Waals surface area contributed by atoms with Gasteiger partial charge in [-0.15, -0.1) is 0 Å². The fraction of sp³-hybridized carbons (Fsp3) is 0.667. The number of likely N-dealkylation sites (tertiary alicyclic amines) is 1. The lowest BCUT2D eigenvalue weighted by Gasteiger charge is -2.29. The van der Waals surface area contributed by atoms with Crippen molar-refractivity contribution in [3.8, 4) is 0 Å². The van der Waals surface area contributed by atoms with Crippen molar-refractivity contribution in [1.82, 2.24) is 9.88 Å². The van der Waals surface area contributed by atoms with Crippen molar-refractivity contribution in [2.75, 3.05) is 25.0 Å². The van der Waals surface area contributed by atoms with Crippen LogP contribution in [0.3, 0.4) is 0 Å². The molecular formula is C15H25N3O. The van der Waals surface area contributed by atoms with Crippen LogP contribution in [-0.4, -0.2) is 40.7 Å². The molecule has 2 rings (SSSR count). The third-order valence-electron chi connectivity index (χ3n) is 3.82. The third-order valence-corrected chi connectivity index (χ3v) is 3.82. The molecule has 1 fully saturated rings. The van der Waals surface area contributed by atoms with Crippen LogP contribution >= 0.6 is 0 Å². The van der Waals surface area contributed by atoms with Gasteiger partial charge in [-0.2, -0.15) is 0 Å². The molecule has 1 saturated heterocycles. The van der Waals surface area contributed by atoms with Gasteiger partial charge in [0.05, 0.1) is 6.61 Å². The van der Waals surface area contributed by atoms with Gasteiger partial charge in [0.25, 0.3) is 0 Å². The number of aliphatic hydroxyl groups is 1. The normalized spacial score (nSPS) is 21.1. The highest BCUT2D eigenvalue weighted by Gasteiger charge is 2.21. The first-order valence-corrected chi connectivity index (χ1v) is 7.37. The number of nitrogens with one attached hydrogen (secondary N) is 1. The molecule has 4 heteroatoms. The van der Waals surface area contributed by atoms with E-state index in [1.54, 1.807) is 0 Å². The Balaban J connectivity index is 2.09. The van der Waals surface area contributed by atoms with Crippen molar-refractivity contribution < 1.29 is 5.11 Å². The van der Waals surface area contributed by atoms with E-state index in [-0.39, 0.29) is 6.61 Å². The minimum atomic E-state index is 0.261. The Bertz CT molecular complexity index is 383. The highest BCUT2D eigenvalue weighted by atomic mass is 16.3. The molecule has 1 atom stereocenters. The topological polar surface area (TPSA) is 48.4 Å². The maximum Gasteiger partial charge on any atom is 0.130 e. The molecule has 2 N–H and O–H groups in total. The van der Waals surface area contributed by atoms with E-state index in [1.165, 1.54) is 24.8 Å². The molecule has 4 nitrogen and oxygen atoms in total. The Labute approximate surface area is 115 Å². The lowest BCUT2D eigenvalue weighted by atomic mass is 10.1. The summed E-state index contributed by atoms with van der Waals surface area (Å²) in [6.45, 7) is 5.18. The van der Waals surface area contributed by atoms with Crippen molar-refractivity contribution in [3.05, 3.63) is 23.9 Å². The van der Waals surface area contributed by atoms with Crippen molar-refractivity contribution in [3.63, 3.8) is 0 Å². The molecule has 0 radical (unpaired) electrons. The fourth-order valence-corrected chi connectivity index (χ4v) is 2.76. The van der Waals surface area contributed by atoms with Crippen molar-refractivity contribution in [2.45, 2.75) is 45.2 Å². The van der Waals surface area contributed by atoms with Gasteiger partial charge in [0.2, 0.25) is 0 Å². The maximum absolute atomic E-state index is 9.56. The number of anilines is 1. The van der Waals surface area contributed by atoms with Gasteiger partial charge in [-0.3, -0.25) is 4.90 Å². The smallest absolute Gasteiger partial charge is 0.130 e. The van der Waals surface area contributed by atoms with E-state index in [1.807, 2.05) is 12.3 Å². The molecule has 2 heterocycles. The zero-order valence-corrected chi connectivity index (χ0v) is 11.8. The zero-order valence-electron chi connectivity index (χ0n) is 11.8. The molecule has 19 heavy (non-hydrogen) atoms. The van der Waals surface area contributed by atoms with Crippen molar-refractivity contribution >= 4 is 5.82 Å². The summed E-state index contributed by atoms with van der Waals surface area (Å²) in [7, 11) is 0. The summed E-state index contributed by atoms with van der Waals surface area (Å²) in [6.07, 6.45) is 6.67. The van der Waals surface area contributed by atoms with Gasteiger partial charge in [-0.05, 0) is 32.4 Å². The molecule has 1 unspecified atom stereocenters. The van der Waals surface area contributed by atoms with Crippen LogP contribution in [0.1, 0.15) is 38.2 Å². The van der Waals surface area contributed by atoms with Gasteiger partial charge in [0.1, 0.15) is 5.82 Å². The fourth-order valence-electron chi connectivity index (χ4n) is 2.76. The van der Waals surface area contributed by atoms with Gasteiger partial charge in [-0.1, -0.05) is 18.9 Å². The van der Waals surface area contributed by atoms with Crippen LogP contribution < -0.4 is 5.32 Å². The lowest BCUT2D eigenvalue weighted by Crippen LogP contribution is -2.37. The molecule has 106 valence electrons. The molecule has 0 aliphatic carbocycles. The average molecular weight is 263 g/mol. The summed E-state index contributed by atoms with van der Waals surface area (Å²) < 4.78 is 0. The average Bonchev–Trinajstić information content (AvgIpc) is 2.66. The summed E-state index contributed by atoms with van der Waals surface area (Å²) in [6, 6.07) is 4.42. The Kier molecular flexibility index (Phi) is 5.61. The number of pyridine rings is 1. The number of hydrogen-bond acceptors (Lipinski definition) is 4. The first kappa shape index (κ1) is 14.3. The first-order valence-electron chi connectivity index (χ1n) is 7.37. The van der Waals surface area contributed by atoms with Crippen molar-refractivity contribution in [1.29, 1.82) is 0 Å². The summed E-state index contributed by atoms with van der Waals surface area (Å²) in [4.78, 5) is 6.82. The predicted octanol–water partition coefficient (Wildman–Crippen LogP) is 2.25. The second-order valence-electron chi connectivity index (χ2n) is 5.20. The lowest BCUT2D eigenvalue weighted by molar-refractivity contribution is 0.118. The van der Waals surface area contributed by atoms with Gasteiger partial charge in [-0.25, -0.2) is 4.98 Å². The van der Waals surface area contributed by atoms with E-state index >= 15 is 0 Å². The molecule has 1 aliphatic heterocycles. The Morgan fingerprint density at radius 1 is 1.42 bits per heavy atom. The summed E-state index contributed by atoms with van der Waals surface area (Å²) >= 11 is 0. The van der Waals surface area contributed by atoms with Crippen LogP contribution in [0.25, 0.3) is 0 Å². The van der Waals surface area contributed by atoms with Gasteiger partial charge < -0.3 is 10.4 Å². The quantitative estimate of drug-likeness (QED) is 0.855. The number of aromatic nitrogens is 1. The van der Waals surface area contributed by atoms with Crippen LogP contribution in [0.15, 0.2) is 18.3 Å². The first-order chi connectivity index (χ1) is 9.35. The SMILES string of the molecule is CCNc1ncccc1CN1CCCCCC1CO. The monoisotopic (exact) mass is 263 g/mol. The summed E-state index contributed by atoms with van der Waals surface area (Å²) in [5.74, 6) is 0.978. The molecule has 1 aliphatic rings. The summed E-state index contributed by atoms with van der Waals surface area (Å²) in [5, 5.41) is 12.9. The molecule has 0 saturated carbocycles. The third kappa shape index (κ3) is 3.91. The molecule has 0 aromatic carbocycles. The molecule has 1 aromatic rings. The maximum atomic E-state index is 9.56. The van der Waals surface area contributed by atoms with Crippen LogP contribution in [-0.2, 0) is 6.54 Å². The second-order valence-corrected chi connectivity index (χ2v) is 5.20. The Morgan fingerprint density at radius 2 is 2.32 bits per heavy atom. The molecule has 1 aromatic heterocycles. The number of aliphatic hydroxyl groups excluding tert-OH is 1. The van der Waals surface area contributed by atoms with Gasteiger partial charge >= 0.3 is 0 Å². The molecule has 0 bridgehead atoms. The van der Waals surface area contributed by atoms with Crippen LogP contribution in [0.4, 0.5) is 5.82 Å². The zero-order chi connectivity index (χ0) is 13.5. The number of nitrogens with zero attached hydrogens (tertiary/aromatic N) is 2.